The molecule has 1 saturated heterocycles. The van der Waals surface area contributed by atoms with Gasteiger partial charge in [0.1, 0.15) is 5.54 Å². The zero-order valence-electron chi connectivity index (χ0n) is 11.6. The minimum Gasteiger partial charge on any atom is -0.324 e. The molecular weight excluding hydrogens is 254 g/mol. The first-order valence-corrected chi connectivity index (χ1v) is 7.02. The van der Waals surface area contributed by atoms with Crippen LogP contribution in [-0.4, -0.2) is 35.3 Å². The SMILES string of the molecule is CC(=O)N1Cc2ccccc2NC(=O)C12CCNCC2. The summed E-state index contributed by atoms with van der Waals surface area (Å²) in [6.45, 7) is 3.55. The van der Waals surface area contributed by atoms with E-state index in [1.165, 1.54) is 0 Å². The molecule has 5 nitrogen and oxygen atoms in total. The second kappa shape index (κ2) is 4.90. The fourth-order valence-corrected chi connectivity index (χ4v) is 3.21. The van der Waals surface area contributed by atoms with E-state index in [1.807, 2.05) is 24.3 Å². The number of amides is 2. The van der Waals surface area contributed by atoms with E-state index >= 15 is 0 Å². The summed E-state index contributed by atoms with van der Waals surface area (Å²) in [7, 11) is 0. The highest BCUT2D eigenvalue weighted by atomic mass is 16.2. The number of piperidine rings is 1. The molecule has 0 atom stereocenters. The lowest BCUT2D eigenvalue weighted by Crippen LogP contribution is -2.61. The Labute approximate surface area is 118 Å². The summed E-state index contributed by atoms with van der Waals surface area (Å²) in [5.41, 5.74) is 1.10. The van der Waals surface area contributed by atoms with Gasteiger partial charge in [0.15, 0.2) is 0 Å². The van der Waals surface area contributed by atoms with Crippen molar-refractivity contribution in [2.45, 2.75) is 31.8 Å². The second-order valence-corrected chi connectivity index (χ2v) is 5.50. The van der Waals surface area contributed by atoms with Gasteiger partial charge >= 0.3 is 0 Å². The average Bonchev–Trinajstić information content (AvgIpc) is 2.57. The van der Waals surface area contributed by atoms with Gasteiger partial charge in [-0.05, 0) is 37.6 Å². The molecule has 2 aliphatic heterocycles. The molecule has 0 saturated carbocycles. The lowest BCUT2D eigenvalue weighted by Gasteiger charge is -2.43. The normalized spacial score (nSPS) is 21.1. The minimum absolute atomic E-state index is 0.0428. The third-order valence-corrected chi connectivity index (χ3v) is 4.34. The molecular formula is C15H19N3O2. The maximum absolute atomic E-state index is 12.7. The smallest absolute Gasteiger partial charge is 0.250 e. The van der Waals surface area contributed by atoms with Gasteiger partial charge in [-0.1, -0.05) is 18.2 Å². The third-order valence-electron chi connectivity index (χ3n) is 4.34. The Morgan fingerprint density at radius 1 is 1.25 bits per heavy atom. The Kier molecular flexibility index (Phi) is 3.22. The van der Waals surface area contributed by atoms with Gasteiger partial charge in [0.25, 0.3) is 0 Å². The zero-order valence-corrected chi connectivity index (χ0v) is 11.6. The van der Waals surface area contributed by atoms with Crippen LogP contribution in [0, 0.1) is 0 Å². The number of anilines is 1. The molecule has 2 aliphatic rings. The quantitative estimate of drug-likeness (QED) is 0.744. The maximum atomic E-state index is 12.7. The fourth-order valence-electron chi connectivity index (χ4n) is 3.21. The van der Waals surface area contributed by atoms with Gasteiger partial charge < -0.3 is 15.5 Å². The molecule has 2 amide bonds. The summed E-state index contributed by atoms with van der Waals surface area (Å²) >= 11 is 0. The monoisotopic (exact) mass is 273 g/mol. The number of carbonyl (C=O) groups is 2. The van der Waals surface area contributed by atoms with Crippen LogP contribution in [0.2, 0.25) is 0 Å². The van der Waals surface area contributed by atoms with Gasteiger partial charge in [0.2, 0.25) is 11.8 Å². The molecule has 0 aromatic heterocycles. The van der Waals surface area contributed by atoms with Crippen LogP contribution >= 0.6 is 0 Å². The molecule has 3 rings (SSSR count). The molecule has 1 aromatic rings. The largest absolute Gasteiger partial charge is 0.324 e. The standard InChI is InChI=1S/C15H19N3O2/c1-11(19)18-10-12-4-2-3-5-13(12)17-14(20)15(18)6-8-16-9-7-15/h2-5,16H,6-10H2,1H3,(H,17,20). The predicted octanol–water partition coefficient (Wildman–Crippen LogP) is 1.11. The molecule has 1 spiro atoms. The second-order valence-electron chi connectivity index (χ2n) is 5.50. The summed E-state index contributed by atoms with van der Waals surface area (Å²) in [5.74, 6) is -0.0992. The maximum Gasteiger partial charge on any atom is 0.250 e. The van der Waals surface area contributed by atoms with Crippen LogP contribution in [0.1, 0.15) is 25.3 Å². The lowest BCUT2D eigenvalue weighted by molar-refractivity contribution is -0.146. The Morgan fingerprint density at radius 2 is 1.95 bits per heavy atom. The van der Waals surface area contributed by atoms with Crippen molar-refractivity contribution in [1.82, 2.24) is 10.2 Å². The van der Waals surface area contributed by atoms with Crippen molar-refractivity contribution in [3.8, 4) is 0 Å². The van der Waals surface area contributed by atoms with Crippen molar-refractivity contribution in [3.05, 3.63) is 29.8 Å². The first kappa shape index (κ1) is 13.1. The molecule has 0 unspecified atom stereocenters. The highest BCUT2D eigenvalue weighted by Crippen LogP contribution is 2.34. The highest BCUT2D eigenvalue weighted by molar-refractivity contribution is 6.02. The van der Waals surface area contributed by atoms with E-state index in [2.05, 4.69) is 10.6 Å². The summed E-state index contributed by atoms with van der Waals surface area (Å²) < 4.78 is 0. The van der Waals surface area contributed by atoms with Gasteiger partial charge in [-0.25, -0.2) is 0 Å². The minimum atomic E-state index is -0.712. The summed E-state index contributed by atoms with van der Waals surface area (Å²) in [4.78, 5) is 26.6. The van der Waals surface area contributed by atoms with Crippen LogP contribution in [0.25, 0.3) is 0 Å². The molecule has 0 bridgehead atoms. The summed E-state index contributed by atoms with van der Waals surface area (Å²) in [6, 6.07) is 7.69. The molecule has 2 N–H and O–H groups in total. The Balaban J connectivity index is 2.06. The van der Waals surface area contributed by atoms with Crippen LogP contribution in [-0.2, 0) is 16.1 Å². The number of hydrogen-bond donors (Lipinski definition) is 2. The van der Waals surface area contributed by atoms with Crippen molar-refractivity contribution in [1.29, 1.82) is 0 Å². The van der Waals surface area contributed by atoms with Crippen LogP contribution < -0.4 is 10.6 Å². The van der Waals surface area contributed by atoms with E-state index in [0.717, 1.165) is 24.3 Å². The van der Waals surface area contributed by atoms with E-state index in [1.54, 1.807) is 11.8 Å². The summed E-state index contributed by atoms with van der Waals surface area (Å²) in [5, 5.41) is 6.27. The Hall–Kier alpha value is -1.88. The van der Waals surface area contributed by atoms with Crippen LogP contribution in [0.3, 0.4) is 0 Å². The van der Waals surface area contributed by atoms with Crippen molar-refractivity contribution in [2.24, 2.45) is 0 Å². The first-order valence-electron chi connectivity index (χ1n) is 7.02. The molecule has 20 heavy (non-hydrogen) atoms. The van der Waals surface area contributed by atoms with E-state index in [9.17, 15) is 9.59 Å². The molecule has 1 aromatic carbocycles. The van der Waals surface area contributed by atoms with Crippen LogP contribution in [0.4, 0.5) is 5.69 Å². The Morgan fingerprint density at radius 3 is 2.65 bits per heavy atom. The van der Waals surface area contributed by atoms with E-state index in [4.69, 9.17) is 0 Å². The number of carbonyl (C=O) groups excluding carboxylic acids is 2. The van der Waals surface area contributed by atoms with Gasteiger partial charge in [0, 0.05) is 19.2 Å². The van der Waals surface area contributed by atoms with Crippen molar-refractivity contribution in [3.63, 3.8) is 0 Å². The first-order chi connectivity index (χ1) is 9.63. The number of nitrogens with one attached hydrogen (secondary N) is 2. The van der Waals surface area contributed by atoms with Gasteiger partial charge in [-0.15, -0.1) is 0 Å². The topological polar surface area (TPSA) is 61.4 Å². The molecule has 1 fully saturated rings. The van der Waals surface area contributed by atoms with E-state index in [-0.39, 0.29) is 11.8 Å². The molecule has 2 heterocycles. The Bertz CT molecular complexity index is 550. The van der Waals surface area contributed by atoms with Crippen LogP contribution in [0.15, 0.2) is 24.3 Å². The highest BCUT2D eigenvalue weighted by Gasteiger charge is 2.47. The van der Waals surface area contributed by atoms with Gasteiger partial charge in [-0.3, -0.25) is 9.59 Å². The lowest BCUT2D eigenvalue weighted by atomic mass is 9.85. The van der Waals surface area contributed by atoms with Crippen molar-refractivity contribution >= 4 is 17.5 Å². The number of rotatable bonds is 0. The van der Waals surface area contributed by atoms with Gasteiger partial charge in [-0.2, -0.15) is 0 Å². The van der Waals surface area contributed by atoms with E-state index in [0.29, 0.717) is 19.4 Å². The van der Waals surface area contributed by atoms with Crippen molar-refractivity contribution in [2.75, 3.05) is 18.4 Å². The molecule has 106 valence electrons. The number of hydrogen-bond acceptors (Lipinski definition) is 3. The zero-order chi connectivity index (χ0) is 14.2. The number of nitrogens with zero attached hydrogens (tertiary/aromatic N) is 1. The molecule has 0 radical (unpaired) electrons. The predicted molar refractivity (Wildman–Crippen MR) is 76.1 cm³/mol. The van der Waals surface area contributed by atoms with E-state index < -0.39 is 5.54 Å². The molecule has 5 heteroatoms. The number of para-hydroxylation sites is 1. The summed E-state index contributed by atoms with van der Waals surface area (Å²) in [6.07, 6.45) is 1.32. The fraction of sp³-hybridized carbons (Fsp3) is 0.467. The van der Waals surface area contributed by atoms with Crippen LogP contribution in [0.5, 0.6) is 0 Å². The number of benzene rings is 1. The average molecular weight is 273 g/mol. The molecule has 0 aliphatic carbocycles. The third kappa shape index (κ3) is 1.98. The number of fused-ring (bicyclic) bond motifs is 1. The van der Waals surface area contributed by atoms with Gasteiger partial charge in [0.05, 0.1) is 0 Å². The van der Waals surface area contributed by atoms with Crippen molar-refractivity contribution < 1.29 is 9.59 Å².